The number of hydrogen-bond acceptors (Lipinski definition) is 3. The van der Waals surface area contributed by atoms with Crippen molar-refractivity contribution in [3.05, 3.63) is 35.8 Å². The number of imidazole rings is 1. The minimum absolute atomic E-state index is 0.298. The number of likely N-dealkylation sites (tertiary alicyclic amines) is 1. The summed E-state index contributed by atoms with van der Waals surface area (Å²) in [6.45, 7) is 5.94. The number of ether oxygens (including phenoxy) is 1. The number of carbonyl (C=O) groups excluding carboxylic acids is 1. The molecule has 0 bridgehead atoms. The molecule has 1 fully saturated rings. The molecule has 0 aromatic carbocycles. The van der Waals surface area contributed by atoms with Crippen molar-refractivity contribution in [3.63, 3.8) is 0 Å². The third kappa shape index (κ3) is 3.94. The zero-order chi connectivity index (χ0) is 19.1. The van der Waals surface area contributed by atoms with Gasteiger partial charge in [-0.3, -0.25) is 4.90 Å². The molecular formula is C18H22F3N3O2. The molecule has 0 spiro atoms. The van der Waals surface area contributed by atoms with Crippen LogP contribution in [0.4, 0.5) is 18.0 Å². The maximum atomic E-state index is 12.9. The first-order valence-corrected chi connectivity index (χ1v) is 8.60. The van der Waals surface area contributed by atoms with Crippen LogP contribution in [0.25, 0.3) is 5.65 Å². The highest BCUT2D eigenvalue weighted by Crippen LogP contribution is 2.33. The third-order valence-corrected chi connectivity index (χ3v) is 4.27. The summed E-state index contributed by atoms with van der Waals surface area (Å²) >= 11 is 0. The Kier molecular flexibility index (Phi) is 4.62. The lowest BCUT2D eigenvalue weighted by Gasteiger charge is -2.35. The number of fused-ring (bicyclic) bond motifs is 1. The summed E-state index contributed by atoms with van der Waals surface area (Å²) in [5.74, 6) is 0. The first-order valence-electron chi connectivity index (χ1n) is 8.60. The van der Waals surface area contributed by atoms with Gasteiger partial charge >= 0.3 is 12.3 Å². The molecule has 8 heteroatoms. The number of hydrogen-bond donors (Lipinski definition) is 0. The van der Waals surface area contributed by atoms with Crippen molar-refractivity contribution in [2.75, 3.05) is 6.54 Å². The molecule has 0 radical (unpaired) electrons. The number of piperidine rings is 1. The van der Waals surface area contributed by atoms with E-state index in [1.165, 1.54) is 10.5 Å². The maximum Gasteiger partial charge on any atom is 0.417 e. The minimum atomic E-state index is -4.41. The number of rotatable bonds is 1. The first kappa shape index (κ1) is 18.5. The van der Waals surface area contributed by atoms with Gasteiger partial charge in [0.2, 0.25) is 0 Å². The van der Waals surface area contributed by atoms with E-state index in [-0.39, 0.29) is 6.04 Å². The molecular weight excluding hydrogens is 347 g/mol. The minimum Gasteiger partial charge on any atom is -0.444 e. The summed E-state index contributed by atoms with van der Waals surface area (Å²) in [5.41, 5.74) is -0.348. The van der Waals surface area contributed by atoms with E-state index in [4.69, 9.17) is 4.74 Å². The Labute approximate surface area is 149 Å². The Balaban J connectivity index is 1.91. The molecule has 2 aromatic heterocycles. The smallest absolute Gasteiger partial charge is 0.417 e. The molecule has 1 amide bonds. The average Bonchev–Trinajstić information content (AvgIpc) is 2.95. The van der Waals surface area contributed by atoms with Crippen LogP contribution >= 0.6 is 0 Å². The van der Waals surface area contributed by atoms with Crippen LogP contribution in [0.15, 0.2) is 24.5 Å². The van der Waals surface area contributed by atoms with Crippen LogP contribution in [0.1, 0.15) is 57.3 Å². The standard InChI is InChI=1S/C18H22F3N3O2/c1-17(2,3)26-16(25)24-9-5-4-6-14(24)13-11-23-10-12(18(19,20)21)7-8-15(23)22-13/h7-8,10-11,14H,4-6,9H2,1-3H3/t14-/m1/s1. The van der Waals surface area contributed by atoms with Gasteiger partial charge in [0.25, 0.3) is 0 Å². The van der Waals surface area contributed by atoms with Gasteiger partial charge in [0.05, 0.1) is 17.3 Å². The van der Waals surface area contributed by atoms with Gasteiger partial charge in [-0.15, -0.1) is 0 Å². The van der Waals surface area contributed by atoms with E-state index in [2.05, 4.69) is 4.98 Å². The molecule has 142 valence electrons. The normalized spacial score (nSPS) is 19.0. The number of amides is 1. The lowest BCUT2D eigenvalue weighted by Crippen LogP contribution is -2.42. The van der Waals surface area contributed by atoms with Gasteiger partial charge in [0, 0.05) is 18.9 Å². The Morgan fingerprint density at radius 1 is 1.19 bits per heavy atom. The lowest BCUT2D eigenvalue weighted by molar-refractivity contribution is -0.137. The van der Waals surface area contributed by atoms with Crippen LogP contribution in [0.5, 0.6) is 0 Å². The molecule has 3 rings (SSSR count). The van der Waals surface area contributed by atoms with Crippen molar-refractivity contribution in [1.82, 2.24) is 14.3 Å². The molecule has 0 unspecified atom stereocenters. The zero-order valence-corrected chi connectivity index (χ0v) is 15.0. The summed E-state index contributed by atoms with van der Waals surface area (Å²) < 4.78 is 45.5. The molecule has 1 saturated heterocycles. The second-order valence-electron chi connectivity index (χ2n) is 7.53. The van der Waals surface area contributed by atoms with Gasteiger partial charge < -0.3 is 9.14 Å². The lowest BCUT2D eigenvalue weighted by atomic mass is 10.0. The van der Waals surface area contributed by atoms with Crippen molar-refractivity contribution in [1.29, 1.82) is 0 Å². The van der Waals surface area contributed by atoms with Gasteiger partial charge in [-0.05, 0) is 52.2 Å². The molecule has 1 aliphatic heterocycles. The predicted molar refractivity (Wildman–Crippen MR) is 89.7 cm³/mol. The summed E-state index contributed by atoms with van der Waals surface area (Å²) in [6.07, 6.45) is 0.244. The van der Waals surface area contributed by atoms with Crippen molar-refractivity contribution in [2.45, 2.75) is 57.9 Å². The van der Waals surface area contributed by atoms with Gasteiger partial charge in [0.15, 0.2) is 0 Å². The fourth-order valence-corrected chi connectivity index (χ4v) is 3.12. The molecule has 26 heavy (non-hydrogen) atoms. The summed E-state index contributed by atoms with van der Waals surface area (Å²) in [6, 6.07) is 2.05. The molecule has 0 N–H and O–H groups in total. The van der Waals surface area contributed by atoms with Gasteiger partial charge in [-0.1, -0.05) is 0 Å². The van der Waals surface area contributed by atoms with Crippen LogP contribution in [0.2, 0.25) is 0 Å². The van der Waals surface area contributed by atoms with Crippen LogP contribution in [0, 0.1) is 0 Å². The number of pyridine rings is 1. The fourth-order valence-electron chi connectivity index (χ4n) is 3.12. The maximum absolute atomic E-state index is 12.9. The second-order valence-corrected chi connectivity index (χ2v) is 7.53. The SMILES string of the molecule is CC(C)(C)OC(=O)N1CCCC[C@@H]1c1cn2cc(C(F)(F)F)ccc2n1. The van der Waals surface area contributed by atoms with Crippen LogP contribution in [-0.2, 0) is 10.9 Å². The Hall–Kier alpha value is -2.25. The van der Waals surface area contributed by atoms with E-state index in [1.807, 2.05) is 0 Å². The summed E-state index contributed by atoms with van der Waals surface area (Å²) in [4.78, 5) is 18.6. The Bertz CT molecular complexity index is 808. The van der Waals surface area contributed by atoms with Crippen LogP contribution in [0.3, 0.4) is 0 Å². The van der Waals surface area contributed by atoms with E-state index in [0.717, 1.165) is 25.1 Å². The van der Waals surface area contributed by atoms with E-state index in [0.29, 0.717) is 24.3 Å². The van der Waals surface area contributed by atoms with Crippen LogP contribution < -0.4 is 0 Å². The average molecular weight is 369 g/mol. The molecule has 2 aromatic rings. The number of carbonyl (C=O) groups is 1. The quantitative estimate of drug-likeness (QED) is 0.724. The van der Waals surface area contributed by atoms with Crippen molar-refractivity contribution in [2.24, 2.45) is 0 Å². The highest BCUT2D eigenvalue weighted by molar-refractivity contribution is 5.69. The summed E-state index contributed by atoms with van der Waals surface area (Å²) in [5, 5.41) is 0. The Morgan fingerprint density at radius 3 is 2.58 bits per heavy atom. The van der Waals surface area contributed by atoms with Gasteiger partial charge in [-0.2, -0.15) is 13.2 Å². The van der Waals surface area contributed by atoms with Crippen molar-refractivity contribution < 1.29 is 22.7 Å². The molecule has 1 atom stereocenters. The number of nitrogens with zero attached hydrogens (tertiary/aromatic N) is 3. The van der Waals surface area contributed by atoms with E-state index < -0.39 is 23.4 Å². The molecule has 5 nitrogen and oxygen atoms in total. The van der Waals surface area contributed by atoms with E-state index in [1.54, 1.807) is 31.9 Å². The van der Waals surface area contributed by atoms with E-state index >= 15 is 0 Å². The van der Waals surface area contributed by atoms with Gasteiger partial charge in [0.1, 0.15) is 11.2 Å². The zero-order valence-electron chi connectivity index (χ0n) is 15.0. The Morgan fingerprint density at radius 2 is 1.92 bits per heavy atom. The topological polar surface area (TPSA) is 46.8 Å². The fraction of sp³-hybridized carbons (Fsp3) is 0.556. The molecule has 0 saturated carbocycles. The summed E-state index contributed by atoms with van der Waals surface area (Å²) in [7, 11) is 0. The molecule has 0 aliphatic carbocycles. The predicted octanol–water partition coefficient (Wildman–Crippen LogP) is 4.82. The van der Waals surface area contributed by atoms with E-state index in [9.17, 15) is 18.0 Å². The number of alkyl halides is 3. The monoisotopic (exact) mass is 369 g/mol. The highest BCUT2D eigenvalue weighted by atomic mass is 19.4. The molecule has 1 aliphatic rings. The highest BCUT2D eigenvalue weighted by Gasteiger charge is 2.34. The molecule has 3 heterocycles. The van der Waals surface area contributed by atoms with Gasteiger partial charge in [-0.25, -0.2) is 9.78 Å². The number of halogens is 3. The van der Waals surface area contributed by atoms with Crippen molar-refractivity contribution >= 4 is 11.7 Å². The van der Waals surface area contributed by atoms with Crippen molar-refractivity contribution in [3.8, 4) is 0 Å². The van der Waals surface area contributed by atoms with Crippen LogP contribution in [-0.4, -0.2) is 32.5 Å². The number of aromatic nitrogens is 2. The second kappa shape index (κ2) is 6.48. The first-order chi connectivity index (χ1) is 12.0. The third-order valence-electron chi connectivity index (χ3n) is 4.27. The largest absolute Gasteiger partial charge is 0.444 e.